The number of rotatable bonds is 8. The summed E-state index contributed by atoms with van der Waals surface area (Å²) in [5, 5.41) is 0. The van der Waals surface area contributed by atoms with Gasteiger partial charge in [0.2, 0.25) is 0 Å². The lowest BCUT2D eigenvalue weighted by Crippen LogP contribution is -2.17. The molecule has 1 fully saturated rings. The van der Waals surface area contributed by atoms with Gasteiger partial charge >= 0.3 is 0 Å². The molecule has 1 rings (SSSR count). The molecule has 0 radical (unpaired) electrons. The first-order valence-corrected chi connectivity index (χ1v) is 8.30. The first-order valence-electron chi connectivity index (χ1n) is 8.30. The Morgan fingerprint density at radius 2 is 1.67 bits per heavy atom. The lowest BCUT2D eigenvalue weighted by Gasteiger charge is -2.26. The van der Waals surface area contributed by atoms with E-state index in [9.17, 15) is 0 Å². The molecular weight excluding hydrogens is 216 g/mol. The van der Waals surface area contributed by atoms with Gasteiger partial charge in [0.25, 0.3) is 0 Å². The lowest BCUT2D eigenvalue weighted by atomic mass is 9.80. The maximum atomic E-state index is 2.52. The van der Waals surface area contributed by atoms with Gasteiger partial charge in [0.05, 0.1) is 0 Å². The van der Waals surface area contributed by atoms with E-state index in [4.69, 9.17) is 0 Å². The van der Waals surface area contributed by atoms with Crippen LogP contribution in [0.15, 0.2) is 0 Å². The van der Waals surface area contributed by atoms with E-state index in [0.29, 0.717) is 5.41 Å². The van der Waals surface area contributed by atoms with E-state index in [-0.39, 0.29) is 0 Å². The SMILES string of the molecule is CCCC1(C)CC1C(C)C(C)CC(C)CC(C)C. The van der Waals surface area contributed by atoms with Crippen molar-refractivity contribution in [3.63, 3.8) is 0 Å². The van der Waals surface area contributed by atoms with E-state index in [1.807, 2.05) is 0 Å². The van der Waals surface area contributed by atoms with Crippen LogP contribution in [0.1, 0.15) is 80.6 Å². The van der Waals surface area contributed by atoms with E-state index in [0.717, 1.165) is 29.6 Å². The van der Waals surface area contributed by atoms with Crippen molar-refractivity contribution in [1.29, 1.82) is 0 Å². The molecule has 0 aromatic heterocycles. The smallest absolute Gasteiger partial charge is 0.0292 e. The molecule has 0 bridgehead atoms. The summed E-state index contributed by atoms with van der Waals surface area (Å²) in [4.78, 5) is 0. The minimum atomic E-state index is 0.698. The molecule has 0 nitrogen and oxygen atoms in total. The highest BCUT2D eigenvalue weighted by Gasteiger charge is 2.52. The minimum absolute atomic E-state index is 0.698. The molecule has 1 aliphatic carbocycles. The largest absolute Gasteiger partial charge is 0.0654 e. The normalized spacial score (nSPS) is 32.3. The van der Waals surface area contributed by atoms with Crippen molar-refractivity contribution in [2.45, 2.75) is 80.6 Å². The van der Waals surface area contributed by atoms with Gasteiger partial charge in [-0.25, -0.2) is 0 Å². The fraction of sp³-hybridized carbons (Fsp3) is 1.00. The molecule has 0 saturated heterocycles. The molecule has 0 amide bonds. The van der Waals surface area contributed by atoms with Gasteiger partial charge < -0.3 is 0 Å². The quantitative estimate of drug-likeness (QED) is 0.485. The molecule has 1 aliphatic rings. The Kier molecular flexibility index (Phi) is 5.74. The van der Waals surface area contributed by atoms with Gasteiger partial charge in [0.15, 0.2) is 0 Å². The predicted molar refractivity (Wildman–Crippen MR) is 82.7 cm³/mol. The van der Waals surface area contributed by atoms with Crippen LogP contribution >= 0.6 is 0 Å². The highest BCUT2D eigenvalue weighted by atomic mass is 14.6. The van der Waals surface area contributed by atoms with Gasteiger partial charge in [-0.1, -0.05) is 54.9 Å². The van der Waals surface area contributed by atoms with Crippen molar-refractivity contribution in [2.75, 3.05) is 0 Å². The van der Waals surface area contributed by atoms with Crippen molar-refractivity contribution in [3.8, 4) is 0 Å². The fourth-order valence-corrected chi connectivity index (χ4v) is 4.27. The van der Waals surface area contributed by atoms with E-state index in [1.165, 1.54) is 32.1 Å². The second-order valence-electron chi connectivity index (χ2n) is 8.02. The zero-order chi connectivity index (χ0) is 13.9. The van der Waals surface area contributed by atoms with Crippen LogP contribution in [0.5, 0.6) is 0 Å². The molecule has 0 aromatic carbocycles. The van der Waals surface area contributed by atoms with Crippen molar-refractivity contribution in [1.82, 2.24) is 0 Å². The second-order valence-corrected chi connectivity index (χ2v) is 8.02. The summed E-state index contributed by atoms with van der Waals surface area (Å²) in [6.07, 6.45) is 7.12. The molecule has 18 heavy (non-hydrogen) atoms. The Labute approximate surface area is 116 Å². The average Bonchev–Trinajstić information content (AvgIpc) is 2.88. The molecule has 5 atom stereocenters. The molecule has 0 N–H and O–H groups in total. The van der Waals surface area contributed by atoms with Crippen LogP contribution in [0.2, 0.25) is 0 Å². The molecule has 0 spiro atoms. The Bertz CT molecular complexity index is 242. The summed E-state index contributed by atoms with van der Waals surface area (Å²) in [5.41, 5.74) is 0.698. The van der Waals surface area contributed by atoms with Crippen LogP contribution in [0.4, 0.5) is 0 Å². The third kappa shape index (κ3) is 4.28. The van der Waals surface area contributed by atoms with Crippen LogP contribution in [-0.2, 0) is 0 Å². The molecular formula is C18H36. The third-order valence-corrected chi connectivity index (χ3v) is 5.42. The predicted octanol–water partition coefficient (Wildman–Crippen LogP) is 6.16. The number of hydrogen-bond donors (Lipinski definition) is 0. The Morgan fingerprint density at radius 3 is 2.17 bits per heavy atom. The zero-order valence-electron chi connectivity index (χ0n) is 13.9. The molecule has 0 heterocycles. The fourth-order valence-electron chi connectivity index (χ4n) is 4.27. The molecule has 1 saturated carbocycles. The summed E-state index contributed by atoms with van der Waals surface area (Å²) >= 11 is 0. The van der Waals surface area contributed by atoms with E-state index >= 15 is 0 Å². The Hall–Kier alpha value is 0. The van der Waals surface area contributed by atoms with Crippen LogP contribution in [0.25, 0.3) is 0 Å². The maximum Gasteiger partial charge on any atom is -0.0292 e. The van der Waals surface area contributed by atoms with Crippen LogP contribution < -0.4 is 0 Å². The molecule has 0 aliphatic heterocycles. The van der Waals surface area contributed by atoms with Crippen LogP contribution in [0, 0.1) is 35.0 Å². The van der Waals surface area contributed by atoms with Crippen molar-refractivity contribution >= 4 is 0 Å². The summed E-state index contributed by atoms with van der Waals surface area (Å²) in [5.74, 6) is 4.60. The van der Waals surface area contributed by atoms with Crippen LogP contribution in [-0.4, -0.2) is 0 Å². The summed E-state index contributed by atoms with van der Waals surface area (Å²) < 4.78 is 0. The maximum absolute atomic E-state index is 2.52. The van der Waals surface area contributed by atoms with Crippen LogP contribution in [0.3, 0.4) is 0 Å². The average molecular weight is 252 g/mol. The summed E-state index contributed by atoms with van der Waals surface area (Å²) in [7, 11) is 0. The first kappa shape index (κ1) is 16.1. The van der Waals surface area contributed by atoms with Gasteiger partial charge in [-0.2, -0.15) is 0 Å². The van der Waals surface area contributed by atoms with Gasteiger partial charge in [-0.15, -0.1) is 0 Å². The van der Waals surface area contributed by atoms with Gasteiger partial charge in [0, 0.05) is 0 Å². The van der Waals surface area contributed by atoms with Gasteiger partial charge in [0.1, 0.15) is 0 Å². The van der Waals surface area contributed by atoms with Crippen molar-refractivity contribution in [2.24, 2.45) is 35.0 Å². The topological polar surface area (TPSA) is 0 Å². The van der Waals surface area contributed by atoms with E-state index in [2.05, 4.69) is 48.5 Å². The first-order chi connectivity index (χ1) is 8.30. The Morgan fingerprint density at radius 1 is 1.06 bits per heavy atom. The zero-order valence-corrected chi connectivity index (χ0v) is 13.9. The summed E-state index contributed by atoms with van der Waals surface area (Å²) in [6.45, 7) is 17.0. The standard InChI is InChI=1S/C18H36/c1-8-9-18(7)12-17(18)16(6)15(5)11-14(4)10-13(2)3/h13-17H,8-12H2,1-7H3. The summed E-state index contributed by atoms with van der Waals surface area (Å²) in [6, 6.07) is 0. The minimum Gasteiger partial charge on any atom is -0.0654 e. The monoisotopic (exact) mass is 252 g/mol. The number of hydrogen-bond acceptors (Lipinski definition) is 0. The molecule has 0 heteroatoms. The molecule has 0 aromatic rings. The third-order valence-electron chi connectivity index (χ3n) is 5.42. The Balaban J connectivity index is 2.36. The second kappa shape index (κ2) is 6.44. The molecule has 5 unspecified atom stereocenters. The van der Waals surface area contributed by atoms with E-state index in [1.54, 1.807) is 0 Å². The highest BCUT2D eigenvalue weighted by Crippen LogP contribution is 2.60. The molecule has 108 valence electrons. The van der Waals surface area contributed by atoms with E-state index < -0.39 is 0 Å². The van der Waals surface area contributed by atoms with Gasteiger partial charge in [-0.3, -0.25) is 0 Å². The lowest BCUT2D eigenvalue weighted by molar-refractivity contribution is 0.241. The van der Waals surface area contributed by atoms with Crippen molar-refractivity contribution < 1.29 is 0 Å². The van der Waals surface area contributed by atoms with Crippen molar-refractivity contribution in [3.05, 3.63) is 0 Å². The van der Waals surface area contributed by atoms with Gasteiger partial charge in [-0.05, 0) is 60.7 Å². The highest BCUT2D eigenvalue weighted by molar-refractivity contribution is 5.01.